The second kappa shape index (κ2) is 8.34. The molecule has 3 aliphatic carbocycles. The minimum atomic E-state index is 0.968. The summed E-state index contributed by atoms with van der Waals surface area (Å²) < 4.78 is 0. The molecule has 0 saturated heterocycles. The minimum absolute atomic E-state index is 0.968. The van der Waals surface area contributed by atoms with Crippen LogP contribution in [0.2, 0.25) is 0 Å². The third-order valence-electron chi connectivity index (χ3n) is 3.81. The van der Waals surface area contributed by atoms with Crippen molar-refractivity contribution < 1.29 is 0 Å². The highest BCUT2D eigenvalue weighted by Crippen LogP contribution is 2.53. The van der Waals surface area contributed by atoms with Gasteiger partial charge in [0.1, 0.15) is 0 Å². The smallest absolute Gasteiger partial charge is 0.0233 e. The van der Waals surface area contributed by atoms with E-state index in [1.165, 1.54) is 24.7 Å². The van der Waals surface area contributed by atoms with Gasteiger partial charge in [0, 0.05) is 0 Å². The topological polar surface area (TPSA) is 0 Å². The number of rotatable bonds is 3. The molecule has 0 bridgehead atoms. The molecule has 0 N–H and O–H groups in total. The summed E-state index contributed by atoms with van der Waals surface area (Å²) in [6.45, 7) is 9.88. The van der Waals surface area contributed by atoms with Gasteiger partial charge in [0.2, 0.25) is 0 Å². The van der Waals surface area contributed by atoms with Gasteiger partial charge in [-0.3, -0.25) is 0 Å². The average Bonchev–Trinajstić information content (AvgIpc) is 3.18. The van der Waals surface area contributed by atoms with E-state index < -0.39 is 0 Å². The van der Waals surface area contributed by atoms with E-state index in [0.717, 1.165) is 11.8 Å². The zero-order valence-corrected chi connectivity index (χ0v) is 12.4. The Morgan fingerprint density at radius 3 is 1.72 bits per heavy atom. The van der Waals surface area contributed by atoms with Gasteiger partial charge in [-0.25, -0.2) is 0 Å². The summed E-state index contributed by atoms with van der Waals surface area (Å²) >= 11 is 0. The highest BCUT2D eigenvalue weighted by Gasteiger charge is 2.44. The molecule has 3 rings (SSSR count). The lowest BCUT2D eigenvalue weighted by Crippen LogP contribution is -1.77. The van der Waals surface area contributed by atoms with E-state index in [2.05, 4.69) is 32.6 Å². The van der Waals surface area contributed by atoms with Crippen LogP contribution in [-0.4, -0.2) is 0 Å². The molecule has 3 saturated carbocycles. The van der Waals surface area contributed by atoms with Crippen molar-refractivity contribution in [2.24, 2.45) is 23.7 Å². The molecule has 0 radical (unpaired) electrons. The molecule has 3 aliphatic rings. The van der Waals surface area contributed by atoms with Gasteiger partial charge in [-0.15, -0.1) is 0 Å². The van der Waals surface area contributed by atoms with Crippen LogP contribution in [0.3, 0.4) is 0 Å². The van der Waals surface area contributed by atoms with Crippen LogP contribution < -0.4 is 0 Å². The summed E-state index contributed by atoms with van der Waals surface area (Å²) in [7, 11) is 0. The molecule has 2 unspecified atom stereocenters. The van der Waals surface area contributed by atoms with Crippen molar-refractivity contribution in [3.8, 4) is 0 Å². The first-order valence-electron chi connectivity index (χ1n) is 7.59. The first-order chi connectivity index (χ1) is 8.72. The quantitative estimate of drug-likeness (QED) is 0.438. The fourth-order valence-corrected chi connectivity index (χ4v) is 2.23. The molecule has 0 aromatic heterocycles. The van der Waals surface area contributed by atoms with Crippen LogP contribution in [0, 0.1) is 23.7 Å². The van der Waals surface area contributed by atoms with Crippen LogP contribution in [0.1, 0.15) is 52.9 Å². The van der Waals surface area contributed by atoms with E-state index in [9.17, 15) is 0 Å². The largest absolute Gasteiger partial charge is 0.0991 e. The second-order valence-corrected chi connectivity index (χ2v) is 5.84. The Hall–Kier alpha value is -0.780. The Kier molecular flexibility index (Phi) is 7.08. The highest BCUT2D eigenvalue weighted by atomic mass is 14.5. The fraction of sp³-hybridized carbons (Fsp3) is 0.667. The molecule has 0 heteroatoms. The summed E-state index contributed by atoms with van der Waals surface area (Å²) in [6, 6.07) is 0. The second-order valence-electron chi connectivity index (χ2n) is 5.84. The molecule has 18 heavy (non-hydrogen) atoms. The number of hydrogen-bond donors (Lipinski definition) is 0. The molecule has 3 fully saturated rings. The van der Waals surface area contributed by atoms with Gasteiger partial charge in [-0.05, 0) is 69.6 Å². The molecular formula is C18H30. The van der Waals surface area contributed by atoms with E-state index in [1.807, 2.05) is 19.1 Å². The molecule has 2 atom stereocenters. The summed E-state index contributed by atoms with van der Waals surface area (Å²) in [5, 5.41) is 0. The molecule has 102 valence electrons. The average molecular weight is 246 g/mol. The summed E-state index contributed by atoms with van der Waals surface area (Å²) in [4.78, 5) is 0. The normalized spacial score (nSPS) is 29.3. The van der Waals surface area contributed by atoms with Crippen molar-refractivity contribution >= 4 is 0 Å². The lowest BCUT2D eigenvalue weighted by Gasteiger charge is -1.83. The third kappa shape index (κ3) is 7.53. The van der Waals surface area contributed by atoms with Gasteiger partial charge in [-0.1, -0.05) is 43.9 Å². The van der Waals surface area contributed by atoms with Gasteiger partial charge >= 0.3 is 0 Å². The maximum absolute atomic E-state index is 3.46. The molecular weight excluding hydrogens is 216 g/mol. The van der Waals surface area contributed by atoms with Crippen LogP contribution in [0.25, 0.3) is 0 Å². The molecule has 0 aromatic carbocycles. The van der Waals surface area contributed by atoms with Gasteiger partial charge in [-0.2, -0.15) is 0 Å². The van der Waals surface area contributed by atoms with Gasteiger partial charge in [0.05, 0.1) is 0 Å². The first-order valence-corrected chi connectivity index (χ1v) is 7.59. The number of hydrogen-bond acceptors (Lipinski definition) is 0. The maximum atomic E-state index is 3.46. The van der Waals surface area contributed by atoms with Crippen molar-refractivity contribution in [1.29, 1.82) is 0 Å². The van der Waals surface area contributed by atoms with Gasteiger partial charge < -0.3 is 0 Å². The minimum Gasteiger partial charge on any atom is -0.0991 e. The summed E-state index contributed by atoms with van der Waals surface area (Å²) in [6.07, 6.45) is 17.5. The summed E-state index contributed by atoms with van der Waals surface area (Å²) in [5.74, 6) is 4.44. The Morgan fingerprint density at radius 2 is 1.61 bits per heavy atom. The van der Waals surface area contributed by atoms with Crippen LogP contribution >= 0.6 is 0 Å². The van der Waals surface area contributed by atoms with Crippen LogP contribution in [0.15, 0.2) is 37.0 Å². The number of allylic oxidation sites excluding steroid dienone is 5. The Labute approximate surface area is 114 Å². The fourth-order valence-electron chi connectivity index (χ4n) is 2.23. The maximum Gasteiger partial charge on any atom is -0.0233 e. The van der Waals surface area contributed by atoms with Crippen LogP contribution in [0.4, 0.5) is 0 Å². The predicted molar refractivity (Wildman–Crippen MR) is 82.5 cm³/mol. The lowest BCUT2D eigenvalue weighted by atomic mass is 10.2. The van der Waals surface area contributed by atoms with E-state index >= 15 is 0 Å². The van der Waals surface area contributed by atoms with E-state index in [4.69, 9.17) is 0 Å². The summed E-state index contributed by atoms with van der Waals surface area (Å²) in [5.41, 5.74) is 0. The third-order valence-corrected chi connectivity index (χ3v) is 3.81. The van der Waals surface area contributed by atoms with Crippen LogP contribution in [-0.2, 0) is 0 Å². The van der Waals surface area contributed by atoms with Crippen molar-refractivity contribution in [2.45, 2.75) is 52.9 Å². The van der Waals surface area contributed by atoms with Crippen LogP contribution in [0.5, 0.6) is 0 Å². The monoisotopic (exact) mass is 246 g/mol. The standard InChI is InChI=1S/C7H12.C6H10.C5H8/c1-5-4-7(5)6-2-3-6;1-2-3-6-4-5-6;1-3-5-4-2/h5-7H,2-4H2,1H3;2-3,6H,4-5H2,1H3;3-5H,1H2,2H3/b;3-2+;5-4+. The van der Waals surface area contributed by atoms with Gasteiger partial charge in [0.25, 0.3) is 0 Å². The van der Waals surface area contributed by atoms with Crippen molar-refractivity contribution in [1.82, 2.24) is 0 Å². The molecule has 0 amide bonds. The zero-order chi connectivity index (χ0) is 13.4. The molecule has 0 nitrogen and oxygen atoms in total. The zero-order valence-electron chi connectivity index (χ0n) is 12.4. The molecule has 0 heterocycles. The molecule has 0 aromatic rings. The Morgan fingerprint density at radius 1 is 1.00 bits per heavy atom. The Bertz CT molecular complexity index is 276. The predicted octanol–water partition coefficient (Wildman–Crippen LogP) is 5.77. The van der Waals surface area contributed by atoms with E-state index in [-0.39, 0.29) is 0 Å². The molecule has 0 aliphatic heterocycles. The molecule has 0 spiro atoms. The highest BCUT2D eigenvalue weighted by molar-refractivity contribution is 4.95. The van der Waals surface area contributed by atoms with Crippen molar-refractivity contribution in [3.05, 3.63) is 37.0 Å². The first kappa shape index (κ1) is 15.3. The Balaban J connectivity index is 0.000000138. The van der Waals surface area contributed by atoms with Crippen molar-refractivity contribution in [3.63, 3.8) is 0 Å². The lowest BCUT2D eigenvalue weighted by molar-refractivity contribution is 0.658. The van der Waals surface area contributed by atoms with Gasteiger partial charge in [0.15, 0.2) is 0 Å². The SMILES string of the molecule is C/C=C/C1CC1.C=C/C=C/C.CC1CC1C1CC1. The van der Waals surface area contributed by atoms with Crippen molar-refractivity contribution in [2.75, 3.05) is 0 Å². The van der Waals surface area contributed by atoms with E-state index in [0.29, 0.717) is 0 Å². The van der Waals surface area contributed by atoms with E-state index in [1.54, 1.807) is 25.3 Å².